The van der Waals surface area contributed by atoms with Gasteiger partial charge in [0.2, 0.25) is 0 Å². The first-order valence-electron chi connectivity index (χ1n) is 3.02. The van der Waals surface area contributed by atoms with E-state index in [-0.39, 0.29) is 57.1 Å². The van der Waals surface area contributed by atoms with Crippen molar-refractivity contribution in [1.82, 2.24) is 4.98 Å². The summed E-state index contributed by atoms with van der Waals surface area (Å²) in [6, 6.07) is 0.773. The van der Waals surface area contributed by atoms with Crippen molar-refractivity contribution in [2.75, 3.05) is 5.73 Å². The van der Waals surface area contributed by atoms with Gasteiger partial charge in [-0.2, -0.15) is 0 Å². The summed E-state index contributed by atoms with van der Waals surface area (Å²) < 4.78 is 36.3. The number of pyridine rings is 1. The van der Waals surface area contributed by atoms with Gasteiger partial charge in [-0.05, 0) is 0 Å². The van der Waals surface area contributed by atoms with E-state index < -0.39 is 17.6 Å². The number of aromatic nitrogens is 1. The van der Waals surface area contributed by atoms with Crippen LogP contribution in [0.25, 0.3) is 0 Å². The molecule has 0 spiro atoms. The Morgan fingerprint density at radius 3 is 2.31 bits per heavy atom. The molecule has 1 heterocycles. The van der Waals surface area contributed by atoms with Crippen molar-refractivity contribution in [3.8, 4) is 0 Å². The van der Waals surface area contributed by atoms with Crippen LogP contribution in [0.3, 0.4) is 0 Å². The number of hydrogen-bond acceptors (Lipinski definition) is 2. The van der Waals surface area contributed by atoms with E-state index in [1.165, 1.54) is 0 Å². The summed E-state index contributed by atoms with van der Waals surface area (Å²) in [5.41, 5.74) is 4.12. The monoisotopic (exact) mass is 234 g/mol. The molecule has 0 aliphatic heterocycles. The van der Waals surface area contributed by atoms with Crippen molar-refractivity contribution in [1.29, 1.82) is 0 Å². The Morgan fingerprint density at radius 1 is 1.38 bits per heavy atom. The molecule has 0 fully saturated rings. The SMILES string of the molecule is Nc1cnc(Cl)c([B-](F)(F)F)c1.[K+]. The number of hydrogen-bond donors (Lipinski definition) is 1. The molecule has 0 radical (unpaired) electrons. The van der Waals surface area contributed by atoms with Gasteiger partial charge >= 0.3 is 58.4 Å². The maximum Gasteiger partial charge on any atom is 1.00 e. The second kappa shape index (κ2) is 4.99. The topological polar surface area (TPSA) is 38.9 Å². The summed E-state index contributed by atoms with van der Waals surface area (Å²) in [4.78, 5) is 3.28. The minimum Gasteiger partial charge on any atom is -0.445 e. The average Bonchev–Trinajstić information content (AvgIpc) is 1.92. The van der Waals surface area contributed by atoms with Crippen molar-refractivity contribution < 1.29 is 64.3 Å². The molecule has 8 heteroatoms. The smallest absolute Gasteiger partial charge is 0.445 e. The zero-order chi connectivity index (χ0) is 9.35. The first kappa shape index (κ1) is 13.7. The number of nitrogens with two attached hydrogens (primary N) is 1. The summed E-state index contributed by atoms with van der Waals surface area (Å²) in [5, 5.41) is -0.559. The molecule has 0 saturated heterocycles. The predicted molar refractivity (Wildman–Crippen MR) is 42.4 cm³/mol. The normalized spacial score (nSPS) is 10.8. The molecule has 66 valence electrons. The van der Waals surface area contributed by atoms with Gasteiger partial charge in [-0.25, -0.2) is 4.98 Å². The molecular weight excluding hydrogens is 230 g/mol. The zero-order valence-corrected chi connectivity index (χ0v) is 10.6. The van der Waals surface area contributed by atoms with Crippen molar-refractivity contribution in [3.63, 3.8) is 0 Å². The number of nitrogen functional groups attached to an aromatic ring is 1. The molecule has 1 aromatic rings. The van der Waals surface area contributed by atoms with Gasteiger partial charge < -0.3 is 18.7 Å². The van der Waals surface area contributed by atoms with Crippen LogP contribution in [0.15, 0.2) is 12.3 Å². The molecule has 13 heavy (non-hydrogen) atoms. The van der Waals surface area contributed by atoms with Gasteiger partial charge in [0.15, 0.2) is 0 Å². The van der Waals surface area contributed by atoms with E-state index in [4.69, 9.17) is 17.3 Å². The second-order valence-corrected chi connectivity index (χ2v) is 2.58. The summed E-state index contributed by atoms with van der Waals surface area (Å²) in [6.45, 7) is -5.12. The molecule has 1 aromatic heterocycles. The molecular formula is C5H4BClF3KN2. The third-order valence-electron chi connectivity index (χ3n) is 1.24. The number of anilines is 1. The van der Waals surface area contributed by atoms with E-state index in [1.54, 1.807) is 0 Å². The van der Waals surface area contributed by atoms with Crippen LogP contribution in [0.4, 0.5) is 18.6 Å². The molecule has 0 bridgehead atoms. The van der Waals surface area contributed by atoms with Gasteiger partial charge in [-0.3, -0.25) is 0 Å². The van der Waals surface area contributed by atoms with Crippen molar-refractivity contribution in [3.05, 3.63) is 17.4 Å². The summed E-state index contributed by atoms with van der Waals surface area (Å²) in [5.74, 6) is 0. The number of rotatable bonds is 1. The number of nitrogens with zero attached hydrogens (tertiary/aromatic N) is 1. The molecule has 0 unspecified atom stereocenters. The third-order valence-corrected chi connectivity index (χ3v) is 1.56. The molecule has 1 rings (SSSR count). The van der Waals surface area contributed by atoms with Crippen molar-refractivity contribution in [2.24, 2.45) is 0 Å². The maximum atomic E-state index is 12.1. The van der Waals surface area contributed by atoms with Crippen LogP contribution in [-0.4, -0.2) is 12.0 Å². The largest absolute Gasteiger partial charge is 1.00 e. The molecule has 0 amide bonds. The van der Waals surface area contributed by atoms with Crippen LogP contribution >= 0.6 is 11.6 Å². The number of halogens is 4. The summed E-state index contributed by atoms with van der Waals surface area (Å²) in [7, 11) is 0. The fraction of sp³-hybridized carbons (Fsp3) is 0. The van der Waals surface area contributed by atoms with Crippen molar-refractivity contribution >= 4 is 29.7 Å². The molecule has 0 aliphatic rings. The van der Waals surface area contributed by atoms with E-state index >= 15 is 0 Å². The first-order chi connectivity index (χ1) is 5.41. The minimum absolute atomic E-state index is 0. The van der Waals surface area contributed by atoms with Crippen LogP contribution in [0.2, 0.25) is 5.15 Å². The Kier molecular flexibility index (Phi) is 5.27. The van der Waals surface area contributed by atoms with Gasteiger partial charge in [0.05, 0.1) is 6.20 Å². The molecule has 0 atom stereocenters. The van der Waals surface area contributed by atoms with E-state index in [0.29, 0.717) is 0 Å². The minimum atomic E-state index is -5.12. The van der Waals surface area contributed by atoms with Gasteiger partial charge in [-0.15, -0.1) is 0 Å². The van der Waals surface area contributed by atoms with Crippen molar-refractivity contribution in [2.45, 2.75) is 0 Å². The Morgan fingerprint density at radius 2 is 1.92 bits per heavy atom. The fourth-order valence-electron chi connectivity index (χ4n) is 0.712. The Bertz CT molecular complexity index is 306. The molecule has 2 nitrogen and oxygen atoms in total. The molecule has 0 aliphatic carbocycles. The van der Waals surface area contributed by atoms with E-state index in [2.05, 4.69) is 4.98 Å². The average molecular weight is 234 g/mol. The summed E-state index contributed by atoms with van der Waals surface area (Å²) in [6.07, 6.45) is 1.08. The molecule has 0 saturated carbocycles. The predicted octanol–water partition coefficient (Wildman–Crippen LogP) is -1.62. The Balaban J connectivity index is 0.00000144. The quantitative estimate of drug-likeness (QED) is 0.468. The Labute approximate surface area is 121 Å². The Hall–Kier alpha value is 0.731. The van der Waals surface area contributed by atoms with Crippen LogP contribution in [0.5, 0.6) is 0 Å². The maximum absolute atomic E-state index is 12.1. The van der Waals surface area contributed by atoms with Gasteiger partial charge in [0.25, 0.3) is 0 Å². The standard InChI is InChI=1S/C5H4BClF3N2.K/c7-5-4(6(8,9)10)1-3(11)2-12-5;/h1-2H,11H2;/q-1;+1. The van der Waals surface area contributed by atoms with Crippen LogP contribution in [0.1, 0.15) is 0 Å². The third kappa shape index (κ3) is 3.77. The van der Waals surface area contributed by atoms with E-state index in [1.807, 2.05) is 0 Å². The van der Waals surface area contributed by atoms with E-state index in [0.717, 1.165) is 12.3 Å². The first-order valence-corrected chi connectivity index (χ1v) is 3.40. The van der Waals surface area contributed by atoms with Crippen LogP contribution < -0.4 is 62.6 Å². The van der Waals surface area contributed by atoms with Gasteiger partial charge in [0.1, 0.15) is 5.15 Å². The molecule has 0 aromatic carbocycles. The fourth-order valence-corrected chi connectivity index (χ4v) is 0.939. The van der Waals surface area contributed by atoms with Crippen LogP contribution in [-0.2, 0) is 0 Å². The second-order valence-electron chi connectivity index (χ2n) is 2.22. The summed E-state index contributed by atoms with van der Waals surface area (Å²) >= 11 is 5.21. The van der Waals surface area contributed by atoms with E-state index in [9.17, 15) is 12.9 Å². The van der Waals surface area contributed by atoms with Gasteiger partial charge in [-0.1, -0.05) is 23.1 Å². The zero-order valence-electron chi connectivity index (χ0n) is 6.77. The van der Waals surface area contributed by atoms with Gasteiger partial charge in [0, 0.05) is 5.69 Å². The molecule has 2 N–H and O–H groups in total. The van der Waals surface area contributed by atoms with Crippen LogP contribution in [0, 0.1) is 0 Å².